The van der Waals surface area contributed by atoms with E-state index in [1.165, 1.54) is 0 Å². The first-order valence-electron chi connectivity index (χ1n) is 8.05. The Hall–Kier alpha value is -1.86. The summed E-state index contributed by atoms with van der Waals surface area (Å²) in [6, 6.07) is 5.97. The molecule has 2 N–H and O–H groups in total. The first-order chi connectivity index (χ1) is 11.6. The standard InChI is InChI=1S/C17H25NO5S/c1-13-8-9-14(15(11-13)21-2)12-16-18-24(23-22-16)10-6-4-3-5-7-17(19)20/h8-9,11-12,18,24H,3-7,10H2,1-2H3,(H,19,20)/b16-12-. The van der Waals surface area contributed by atoms with E-state index in [2.05, 4.69) is 4.72 Å². The summed E-state index contributed by atoms with van der Waals surface area (Å²) in [6.45, 7) is 2.02. The SMILES string of the molecule is COc1cc(C)ccc1/C=C1/N[SH](CCCCCCC(=O)O)OO1. The van der Waals surface area contributed by atoms with Gasteiger partial charge in [0.25, 0.3) is 0 Å². The van der Waals surface area contributed by atoms with Crippen molar-refractivity contribution in [1.29, 1.82) is 0 Å². The summed E-state index contributed by atoms with van der Waals surface area (Å²) >= 11 is -0.832. The second-order valence-corrected chi connectivity index (χ2v) is 7.26. The van der Waals surface area contributed by atoms with Crippen LogP contribution in [0.15, 0.2) is 24.1 Å². The van der Waals surface area contributed by atoms with E-state index in [0.717, 1.165) is 48.3 Å². The molecule has 0 saturated carbocycles. The van der Waals surface area contributed by atoms with Crippen LogP contribution in [0.1, 0.15) is 43.2 Å². The van der Waals surface area contributed by atoms with Crippen LogP contribution in [0.4, 0.5) is 0 Å². The largest absolute Gasteiger partial charge is 0.496 e. The summed E-state index contributed by atoms with van der Waals surface area (Å²) in [4.78, 5) is 15.7. The highest BCUT2D eigenvalue weighted by Gasteiger charge is 2.18. The number of aliphatic carboxylic acids is 1. The third-order valence-corrected chi connectivity index (χ3v) is 5.08. The fraction of sp³-hybridized carbons (Fsp3) is 0.471. The minimum atomic E-state index is -0.832. The number of benzene rings is 1. The van der Waals surface area contributed by atoms with Crippen molar-refractivity contribution in [2.45, 2.75) is 39.0 Å². The number of methoxy groups -OCH3 is 1. The van der Waals surface area contributed by atoms with E-state index in [-0.39, 0.29) is 6.42 Å². The number of hydrogen-bond donors (Lipinski definition) is 3. The van der Waals surface area contributed by atoms with Gasteiger partial charge in [-0.25, -0.2) is 0 Å². The number of carboxylic acids is 1. The molecule has 7 heteroatoms. The van der Waals surface area contributed by atoms with Crippen LogP contribution in [0.25, 0.3) is 6.08 Å². The van der Waals surface area contributed by atoms with Crippen LogP contribution in [0.5, 0.6) is 5.75 Å². The van der Waals surface area contributed by atoms with Gasteiger partial charge in [0.2, 0.25) is 5.88 Å². The highest BCUT2D eigenvalue weighted by atomic mass is 32.2. The molecule has 1 aromatic rings. The maximum absolute atomic E-state index is 10.4. The number of thiol groups is 1. The van der Waals surface area contributed by atoms with Gasteiger partial charge in [0, 0.05) is 23.8 Å². The Morgan fingerprint density at radius 1 is 1.33 bits per heavy atom. The zero-order chi connectivity index (χ0) is 17.4. The lowest BCUT2D eigenvalue weighted by Crippen LogP contribution is -2.04. The number of unbranched alkanes of at least 4 members (excludes halogenated alkanes) is 3. The molecule has 1 unspecified atom stereocenters. The minimum Gasteiger partial charge on any atom is -0.496 e. The Morgan fingerprint density at radius 3 is 2.88 bits per heavy atom. The average molecular weight is 355 g/mol. The van der Waals surface area contributed by atoms with Crippen molar-refractivity contribution in [2.24, 2.45) is 0 Å². The summed E-state index contributed by atoms with van der Waals surface area (Å²) < 4.78 is 14.0. The topological polar surface area (TPSA) is 77.0 Å². The lowest BCUT2D eigenvalue weighted by atomic mass is 10.1. The average Bonchev–Trinajstić information content (AvgIpc) is 2.99. The maximum Gasteiger partial charge on any atom is 0.303 e. The molecule has 1 aliphatic rings. The van der Waals surface area contributed by atoms with Crippen LogP contribution in [0.2, 0.25) is 0 Å². The summed E-state index contributed by atoms with van der Waals surface area (Å²) in [6.07, 6.45) is 5.77. The molecule has 0 spiro atoms. The van der Waals surface area contributed by atoms with E-state index in [1.807, 2.05) is 31.2 Å². The monoisotopic (exact) mass is 355 g/mol. The Kier molecular flexibility index (Phi) is 7.27. The van der Waals surface area contributed by atoms with Gasteiger partial charge in [-0.1, -0.05) is 25.0 Å². The Bertz CT molecular complexity index is 590. The predicted molar refractivity (Wildman–Crippen MR) is 95.6 cm³/mol. The zero-order valence-corrected chi connectivity index (χ0v) is 15.0. The Morgan fingerprint density at radius 2 is 2.12 bits per heavy atom. The van der Waals surface area contributed by atoms with Gasteiger partial charge in [-0.15, -0.1) is 4.33 Å². The molecule has 1 aliphatic heterocycles. The molecule has 1 atom stereocenters. The molecule has 1 aromatic carbocycles. The molecule has 2 rings (SSSR count). The number of ether oxygens (including phenoxy) is 1. The molecule has 0 aliphatic carbocycles. The van der Waals surface area contributed by atoms with Gasteiger partial charge in [-0.3, -0.25) is 9.52 Å². The third kappa shape index (κ3) is 5.98. The molecule has 0 radical (unpaired) electrons. The van der Waals surface area contributed by atoms with Crippen molar-refractivity contribution in [1.82, 2.24) is 4.72 Å². The molecular formula is C17H25NO5S. The van der Waals surface area contributed by atoms with Crippen LogP contribution in [0.3, 0.4) is 0 Å². The van der Waals surface area contributed by atoms with E-state index >= 15 is 0 Å². The summed E-state index contributed by atoms with van der Waals surface area (Å²) in [5.74, 6) is 1.54. The number of rotatable bonds is 9. The van der Waals surface area contributed by atoms with Gasteiger partial charge in [-0.2, -0.15) is 0 Å². The quantitative estimate of drug-likeness (QED) is 0.356. The predicted octanol–water partition coefficient (Wildman–Crippen LogP) is 3.72. The zero-order valence-electron chi connectivity index (χ0n) is 14.1. The maximum atomic E-state index is 10.4. The van der Waals surface area contributed by atoms with Crippen LogP contribution < -0.4 is 9.46 Å². The van der Waals surface area contributed by atoms with E-state index < -0.39 is 17.3 Å². The van der Waals surface area contributed by atoms with Crippen molar-refractivity contribution in [3.63, 3.8) is 0 Å². The van der Waals surface area contributed by atoms with Gasteiger partial charge in [-0.05, 0) is 42.8 Å². The number of carboxylic acid groups (broad SMARTS) is 1. The molecule has 0 aromatic heterocycles. The second kappa shape index (κ2) is 9.44. The lowest BCUT2D eigenvalue weighted by Gasteiger charge is -2.09. The highest BCUT2D eigenvalue weighted by molar-refractivity contribution is 8.11. The van der Waals surface area contributed by atoms with Gasteiger partial charge in [0.15, 0.2) is 0 Å². The van der Waals surface area contributed by atoms with E-state index in [0.29, 0.717) is 5.88 Å². The third-order valence-electron chi connectivity index (χ3n) is 3.63. The summed E-state index contributed by atoms with van der Waals surface area (Å²) in [5.41, 5.74) is 2.07. The molecule has 0 amide bonds. The number of hydrogen-bond acceptors (Lipinski definition) is 5. The molecule has 1 fully saturated rings. The fourth-order valence-corrected chi connectivity index (χ4v) is 3.61. The Balaban J connectivity index is 1.75. The van der Waals surface area contributed by atoms with E-state index in [9.17, 15) is 4.79 Å². The molecular weight excluding hydrogens is 330 g/mol. The van der Waals surface area contributed by atoms with Crippen molar-refractivity contribution in [3.8, 4) is 5.75 Å². The molecule has 24 heavy (non-hydrogen) atoms. The van der Waals surface area contributed by atoms with Gasteiger partial charge < -0.3 is 14.7 Å². The van der Waals surface area contributed by atoms with Crippen molar-refractivity contribution < 1.29 is 23.9 Å². The van der Waals surface area contributed by atoms with Crippen molar-refractivity contribution >= 4 is 23.4 Å². The van der Waals surface area contributed by atoms with Crippen LogP contribution in [-0.2, 0) is 14.0 Å². The van der Waals surface area contributed by atoms with Gasteiger partial charge in [0.1, 0.15) is 5.75 Å². The number of nitrogens with one attached hydrogen (secondary N) is 1. The molecule has 6 nitrogen and oxygen atoms in total. The number of aryl methyl sites for hydroxylation is 1. The fourth-order valence-electron chi connectivity index (χ4n) is 2.36. The first-order valence-corrected chi connectivity index (χ1v) is 9.50. The van der Waals surface area contributed by atoms with Gasteiger partial charge >= 0.3 is 5.97 Å². The van der Waals surface area contributed by atoms with E-state index in [4.69, 9.17) is 19.1 Å². The van der Waals surface area contributed by atoms with Crippen LogP contribution in [-0.4, -0.2) is 23.9 Å². The Labute approximate surface area is 145 Å². The molecule has 1 saturated heterocycles. The van der Waals surface area contributed by atoms with Crippen LogP contribution in [0, 0.1) is 6.92 Å². The smallest absolute Gasteiger partial charge is 0.303 e. The summed E-state index contributed by atoms with van der Waals surface area (Å²) in [5, 5.41) is 8.59. The normalized spacial score (nSPS) is 19.8. The lowest BCUT2D eigenvalue weighted by molar-refractivity contribution is -0.137. The second-order valence-electron chi connectivity index (χ2n) is 5.68. The molecule has 1 heterocycles. The van der Waals surface area contributed by atoms with Crippen molar-refractivity contribution in [3.05, 3.63) is 35.2 Å². The van der Waals surface area contributed by atoms with Crippen molar-refractivity contribution in [2.75, 3.05) is 12.9 Å². The summed E-state index contributed by atoms with van der Waals surface area (Å²) in [7, 11) is 1.65. The molecule has 134 valence electrons. The van der Waals surface area contributed by atoms with Crippen LogP contribution >= 0.6 is 11.4 Å². The van der Waals surface area contributed by atoms with Gasteiger partial charge in [0.05, 0.1) is 7.11 Å². The first kappa shape index (κ1) is 18.5. The number of carbonyl (C=O) groups is 1. The molecule has 0 bridgehead atoms. The highest BCUT2D eigenvalue weighted by Crippen LogP contribution is 2.34. The minimum absolute atomic E-state index is 0.248. The van der Waals surface area contributed by atoms with E-state index in [1.54, 1.807) is 7.11 Å².